The first-order valence-electron chi connectivity index (χ1n) is 9.20. The fourth-order valence-corrected chi connectivity index (χ4v) is 3.36. The Morgan fingerprint density at radius 3 is 2.48 bits per heavy atom. The Kier molecular flexibility index (Phi) is 6.87. The van der Waals surface area contributed by atoms with Gasteiger partial charge in [-0.05, 0) is 45.0 Å². The van der Waals surface area contributed by atoms with Crippen molar-refractivity contribution in [3.05, 3.63) is 66.3 Å². The molecule has 152 valence electrons. The molecule has 0 aliphatic rings. The quantitative estimate of drug-likeness (QED) is 0.488. The lowest BCUT2D eigenvalue weighted by molar-refractivity contribution is -0.116. The van der Waals surface area contributed by atoms with Crippen LogP contribution in [0.25, 0.3) is 0 Å². The Bertz CT molecular complexity index is 949. The number of carbonyl (C=O) groups is 1. The molecule has 0 bridgehead atoms. The highest BCUT2D eigenvalue weighted by Gasteiger charge is 2.21. The van der Waals surface area contributed by atoms with Crippen molar-refractivity contribution < 1.29 is 18.3 Å². The first kappa shape index (κ1) is 20.9. The minimum absolute atomic E-state index is 0.0120. The van der Waals surface area contributed by atoms with Gasteiger partial charge in [0.25, 0.3) is 11.1 Å². The van der Waals surface area contributed by atoms with Gasteiger partial charge in [0.05, 0.1) is 5.75 Å². The third-order valence-corrected chi connectivity index (χ3v) is 4.85. The van der Waals surface area contributed by atoms with Crippen LogP contribution >= 0.6 is 11.8 Å². The van der Waals surface area contributed by atoms with E-state index < -0.39 is 11.9 Å². The van der Waals surface area contributed by atoms with Crippen LogP contribution in [0.4, 0.5) is 10.1 Å². The van der Waals surface area contributed by atoms with Crippen molar-refractivity contribution in [1.82, 2.24) is 10.2 Å². The molecule has 29 heavy (non-hydrogen) atoms. The number of anilines is 1. The predicted octanol–water partition coefficient (Wildman–Crippen LogP) is 4.88. The summed E-state index contributed by atoms with van der Waals surface area (Å²) in [6.45, 7) is 5.61. The van der Waals surface area contributed by atoms with Gasteiger partial charge in [0.15, 0.2) is 17.7 Å². The van der Waals surface area contributed by atoms with Crippen molar-refractivity contribution in [2.45, 2.75) is 38.1 Å². The van der Waals surface area contributed by atoms with Crippen molar-refractivity contribution in [3.8, 4) is 5.75 Å². The molecule has 0 N–H and O–H groups in total. The number of halogens is 1. The highest BCUT2D eigenvalue weighted by atomic mass is 32.2. The van der Waals surface area contributed by atoms with Crippen LogP contribution in [0.5, 0.6) is 5.75 Å². The number of nitrogens with zero attached hydrogens (tertiary/aromatic N) is 3. The summed E-state index contributed by atoms with van der Waals surface area (Å²) in [4.78, 5) is 14.5. The van der Waals surface area contributed by atoms with Crippen molar-refractivity contribution in [3.63, 3.8) is 0 Å². The van der Waals surface area contributed by atoms with E-state index in [9.17, 15) is 9.18 Å². The summed E-state index contributed by atoms with van der Waals surface area (Å²) in [7, 11) is 0. The molecule has 3 rings (SSSR count). The fraction of sp³-hybridized carbons (Fsp3) is 0.286. The van der Waals surface area contributed by atoms with E-state index in [0.717, 1.165) is 17.4 Å². The van der Waals surface area contributed by atoms with Gasteiger partial charge in [-0.2, -0.15) is 0 Å². The predicted molar refractivity (Wildman–Crippen MR) is 110 cm³/mol. The maximum Gasteiger partial charge on any atom is 0.277 e. The summed E-state index contributed by atoms with van der Waals surface area (Å²) in [5, 5.41) is 8.16. The molecule has 1 heterocycles. The number of amides is 1. The van der Waals surface area contributed by atoms with Crippen LogP contribution in [-0.4, -0.2) is 27.9 Å². The van der Waals surface area contributed by atoms with Gasteiger partial charge in [-0.3, -0.25) is 4.79 Å². The second-order valence-electron chi connectivity index (χ2n) is 6.58. The van der Waals surface area contributed by atoms with Crippen LogP contribution in [0, 0.1) is 5.82 Å². The SMILES string of the molecule is CC(Oc1ccccc1F)c1nnc(SCC(=O)N(c2ccccc2)C(C)C)o1. The third kappa shape index (κ3) is 5.35. The molecular weight excluding hydrogens is 393 g/mol. The standard InChI is InChI=1S/C21H22FN3O3S/c1-14(2)25(16-9-5-4-6-10-16)19(26)13-29-21-24-23-20(28-21)15(3)27-18-12-8-7-11-17(18)22/h4-12,14-15H,13H2,1-3H3. The fourth-order valence-electron chi connectivity index (χ4n) is 2.74. The number of benzene rings is 2. The van der Waals surface area contributed by atoms with Crippen molar-refractivity contribution >= 4 is 23.4 Å². The van der Waals surface area contributed by atoms with E-state index in [1.165, 1.54) is 12.1 Å². The van der Waals surface area contributed by atoms with Gasteiger partial charge in [0.2, 0.25) is 5.91 Å². The Morgan fingerprint density at radius 1 is 1.10 bits per heavy atom. The van der Waals surface area contributed by atoms with Crippen LogP contribution in [0.3, 0.4) is 0 Å². The molecule has 0 saturated heterocycles. The van der Waals surface area contributed by atoms with E-state index in [0.29, 0.717) is 0 Å². The second-order valence-corrected chi connectivity index (χ2v) is 7.51. The first-order valence-corrected chi connectivity index (χ1v) is 10.2. The van der Waals surface area contributed by atoms with E-state index in [-0.39, 0.29) is 34.6 Å². The average molecular weight is 415 g/mol. The summed E-state index contributed by atoms with van der Waals surface area (Å²) < 4.78 is 24.8. The number of hydrogen-bond acceptors (Lipinski definition) is 6. The van der Waals surface area contributed by atoms with Crippen molar-refractivity contribution in [2.24, 2.45) is 0 Å². The molecule has 1 atom stereocenters. The first-order chi connectivity index (χ1) is 14.0. The highest BCUT2D eigenvalue weighted by Crippen LogP contribution is 2.26. The minimum atomic E-state index is -0.624. The molecule has 8 heteroatoms. The van der Waals surface area contributed by atoms with Gasteiger partial charge in [-0.25, -0.2) is 4.39 Å². The monoisotopic (exact) mass is 415 g/mol. The average Bonchev–Trinajstić information content (AvgIpc) is 3.18. The molecule has 0 spiro atoms. The van der Waals surface area contributed by atoms with Crippen LogP contribution in [0.15, 0.2) is 64.2 Å². The van der Waals surface area contributed by atoms with Gasteiger partial charge in [-0.15, -0.1) is 10.2 Å². The van der Waals surface area contributed by atoms with Crippen molar-refractivity contribution in [1.29, 1.82) is 0 Å². The zero-order chi connectivity index (χ0) is 20.8. The maximum atomic E-state index is 13.7. The molecule has 0 radical (unpaired) electrons. The zero-order valence-corrected chi connectivity index (χ0v) is 17.2. The lowest BCUT2D eigenvalue weighted by Crippen LogP contribution is -2.38. The van der Waals surface area contributed by atoms with E-state index >= 15 is 0 Å². The van der Waals surface area contributed by atoms with Crippen LogP contribution in [-0.2, 0) is 4.79 Å². The number of aromatic nitrogens is 2. The number of carbonyl (C=O) groups excluding carboxylic acids is 1. The Labute approximate surface area is 173 Å². The molecule has 0 aliphatic heterocycles. The lowest BCUT2D eigenvalue weighted by atomic mass is 10.2. The van der Waals surface area contributed by atoms with Gasteiger partial charge in [-0.1, -0.05) is 42.1 Å². The van der Waals surface area contributed by atoms with Gasteiger partial charge in [0, 0.05) is 11.7 Å². The summed E-state index contributed by atoms with van der Waals surface area (Å²) in [6, 6.07) is 15.6. The molecule has 0 aliphatic carbocycles. The van der Waals surface area contributed by atoms with Gasteiger partial charge >= 0.3 is 0 Å². The van der Waals surface area contributed by atoms with Crippen molar-refractivity contribution in [2.75, 3.05) is 10.7 Å². The number of thioether (sulfide) groups is 1. The molecule has 3 aromatic rings. The summed E-state index contributed by atoms with van der Waals surface area (Å²) in [5.74, 6) is -0.0533. The summed E-state index contributed by atoms with van der Waals surface area (Å²) in [6.07, 6.45) is -0.624. The second kappa shape index (κ2) is 9.56. The minimum Gasteiger partial charge on any atom is -0.478 e. The molecule has 2 aromatic carbocycles. The number of hydrogen-bond donors (Lipinski definition) is 0. The molecular formula is C21H22FN3O3S. The topological polar surface area (TPSA) is 68.5 Å². The van der Waals surface area contributed by atoms with E-state index in [1.807, 2.05) is 44.2 Å². The molecule has 6 nitrogen and oxygen atoms in total. The third-order valence-electron chi connectivity index (χ3n) is 4.05. The molecule has 1 unspecified atom stereocenters. The van der Waals surface area contributed by atoms with E-state index in [2.05, 4.69) is 10.2 Å². The van der Waals surface area contributed by atoms with Crippen LogP contribution in [0.1, 0.15) is 32.8 Å². The zero-order valence-electron chi connectivity index (χ0n) is 16.4. The number of ether oxygens (including phenoxy) is 1. The number of rotatable bonds is 8. The van der Waals surface area contributed by atoms with Gasteiger partial charge < -0.3 is 14.1 Å². The molecule has 1 aromatic heterocycles. The number of para-hydroxylation sites is 2. The molecule has 0 saturated carbocycles. The Morgan fingerprint density at radius 2 is 1.79 bits per heavy atom. The van der Waals surface area contributed by atoms with Crippen LogP contribution in [0.2, 0.25) is 0 Å². The Balaban J connectivity index is 1.61. The highest BCUT2D eigenvalue weighted by molar-refractivity contribution is 7.99. The smallest absolute Gasteiger partial charge is 0.277 e. The summed E-state index contributed by atoms with van der Waals surface area (Å²) in [5.41, 5.74) is 0.839. The molecule has 0 fully saturated rings. The largest absolute Gasteiger partial charge is 0.478 e. The summed E-state index contributed by atoms with van der Waals surface area (Å²) >= 11 is 1.16. The maximum absolute atomic E-state index is 13.7. The normalized spacial score (nSPS) is 12.0. The van der Waals surface area contributed by atoms with Gasteiger partial charge in [0.1, 0.15) is 0 Å². The van der Waals surface area contributed by atoms with E-state index in [4.69, 9.17) is 9.15 Å². The Hall–Kier alpha value is -2.87. The lowest BCUT2D eigenvalue weighted by Gasteiger charge is -2.26. The molecule has 1 amide bonds. The van der Waals surface area contributed by atoms with E-state index in [1.54, 1.807) is 24.0 Å². The van der Waals surface area contributed by atoms with Crippen LogP contribution < -0.4 is 9.64 Å².